The van der Waals surface area contributed by atoms with E-state index >= 15 is 0 Å². The molecule has 0 aliphatic carbocycles. The topological polar surface area (TPSA) is 71.6 Å². The van der Waals surface area contributed by atoms with Crippen LogP contribution in [0.3, 0.4) is 0 Å². The Morgan fingerprint density at radius 2 is 1.26 bits per heavy atom. The molecule has 0 saturated carbocycles. The van der Waals surface area contributed by atoms with Crippen LogP contribution in [-0.4, -0.2) is 9.96 Å². The smallest absolute Gasteiger partial charge is 0.228 e. The van der Waals surface area contributed by atoms with Crippen molar-refractivity contribution in [3.8, 4) is 12.1 Å². The molecule has 2 rings (SSSR count). The lowest BCUT2D eigenvalue weighted by Gasteiger charge is -2.28. The number of rotatable bonds is 4. The van der Waals surface area contributed by atoms with Gasteiger partial charge in [-0.15, -0.1) is 0 Å². The minimum Gasteiger partial charge on any atom is -0.362 e. The van der Waals surface area contributed by atoms with E-state index in [0.29, 0.717) is 22.5 Å². The summed E-state index contributed by atoms with van der Waals surface area (Å²) in [4.78, 5) is 0. The van der Waals surface area contributed by atoms with Crippen molar-refractivity contribution in [2.75, 3.05) is 10.6 Å². The molecular formula is C16H11Cl3N4. The Balaban J connectivity index is 2.24. The van der Waals surface area contributed by atoms with Crippen LogP contribution in [0.2, 0.25) is 0 Å². The number of nitrogens with one attached hydrogen (secondary N) is 2. The summed E-state index contributed by atoms with van der Waals surface area (Å²) in [5.41, 5.74) is 2.24. The summed E-state index contributed by atoms with van der Waals surface area (Å²) in [6.45, 7) is 0. The largest absolute Gasteiger partial charge is 0.362 e. The second kappa shape index (κ2) is 7.44. The van der Waals surface area contributed by atoms with Gasteiger partial charge in [0.2, 0.25) is 3.79 Å². The number of benzene rings is 2. The molecule has 0 unspecified atom stereocenters. The summed E-state index contributed by atoms with van der Waals surface area (Å²) in [7, 11) is 0. The number of halogens is 3. The summed E-state index contributed by atoms with van der Waals surface area (Å²) in [6.07, 6.45) is -0.768. The molecule has 2 N–H and O–H groups in total. The van der Waals surface area contributed by atoms with Gasteiger partial charge in [-0.25, -0.2) is 0 Å². The molecule has 7 heteroatoms. The predicted octanol–water partition coefficient (Wildman–Crippen LogP) is 4.65. The van der Waals surface area contributed by atoms with Crippen LogP contribution in [0.5, 0.6) is 0 Å². The third kappa shape index (κ3) is 4.94. The lowest BCUT2D eigenvalue weighted by Crippen LogP contribution is -2.40. The van der Waals surface area contributed by atoms with Gasteiger partial charge in [0.05, 0.1) is 23.3 Å². The zero-order valence-corrected chi connectivity index (χ0v) is 14.0. The molecule has 2 aromatic carbocycles. The van der Waals surface area contributed by atoms with Crippen LogP contribution < -0.4 is 10.6 Å². The zero-order valence-electron chi connectivity index (χ0n) is 11.7. The highest BCUT2D eigenvalue weighted by Crippen LogP contribution is 2.33. The molecule has 0 aliphatic heterocycles. The molecule has 0 aliphatic rings. The fraction of sp³-hybridized carbons (Fsp3) is 0.125. The highest BCUT2D eigenvalue weighted by molar-refractivity contribution is 6.68. The highest BCUT2D eigenvalue weighted by Gasteiger charge is 2.32. The summed E-state index contributed by atoms with van der Waals surface area (Å²) < 4.78 is -1.66. The Morgan fingerprint density at radius 3 is 1.61 bits per heavy atom. The van der Waals surface area contributed by atoms with Gasteiger partial charge in [0, 0.05) is 11.4 Å². The molecule has 0 aromatic heterocycles. The van der Waals surface area contributed by atoms with Gasteiger partial charge in [-0.2, -0.15) is 10.5 Å². The van der Waals surface area contributed by atoms with Crippen molar-refractivity contribution >= 4 is 46.2 Å². The monoisotopic (exact) mass is 364 g/mol. The molecule has 23 heavy (non-hydrogen) atoms. The van der Waals surface area contributed by atoms with E-state index in [1.54, 1.807) is 48.5 Å². The molecule has 0 heterocycles. The van der Waals surface area contributed by atoms with Crippen molar-refractivity contribution < 1.29 is 0 Å². The van der Waals surface area contributed by atoms with Crippen molar-refractivity contribution in [1.82, 2.24) is 0 Å². The number of nitrogens with zero attached hydrogens (tertiary/aromatic N) is 2. The molecule has 116 valence electrons. The third-order valence-electron chi connectivity index (χ3n) is 2.93. The van der Waals surface area contributed by atoms with Crippen LogP contribution in [0.25, 0.3) is 0 Å². The molecule has 0 bridgehead atoms. The normalized spacial score (nSPS) is 10.7. The first-order valence-electron chi connectivity index (χ1n) is 6.52. The Kier molecular flexibility index (Phi) is 5.58. The van der Waals surface area contributed by atoms with E-state index in [9.17, 15) is 0 Å². The van der Waals surface area contributed by atoms with Crippen LogP contribution in [0, 0.1) is 22.7 Å². The third-order valence-corrected chi connectivity index (χ3v) is 3.59. The summed E-state index contributed by atoms with van der Waals surface area (Å²) >= 11 is 18.1. The van der Waals surface area contributed by atoms with E-state index in [-0.39, 0.29) is 0 Å². The first-order chi connectivity index (χ1) is 10.9. The van der Waals surface area contributed by atoms with E-state index in [0.717, 1.165) is 0 Å². The zero-order chi connectivity index (χ0) is 16.9. The van der Waals surface area contributed by atoms with Gasteiger partial charge in [-0.1, -0.05) is 46.9 Å². The van der Waals surface area contributed by atoms with Crippen molar-refractivity contribution in [1.29, 1.82) is 10.5 Å². The summed E-state index contributed by atoms with van der Waals surface area (Å²) in [6, 6.07) is 17.7. The van der Waals surface area contributed by atoms with Gasteiger partial charge in [0.25, 0.3) is 0 Å². The maximum absolute atomic E-state index is 8.95. The van der Waals surface area contributed by atoms with Crippen LogP contribution in [0.1, 0.15) is 11.1 Å². The van der Waals surface area contributed by atoms with Gasteiger partial charge < -0.3 is 10.6 Å². The predicted molar refractivity (Wildman–Crippen MR) is 93.6 cm³/mol. The van der Waals surface area contributed by atoms with E-state index in [2.05, 4.69) is 10.6 Å². The fourth-order valence-electron chi connectivity index (χ4n) is 1.89. The maximum atomic E-state index is 8.95. The quantitative estimate of drug-likeness (QED) is 0.611. The number of anilines is 2. The minimum atomic E-state index is -1.66. The van der Waals surface area contributed by atoms with E-state index in [4.69, 9.17) is 45.3 Å². The number of alkyl halides is 3. The van der Waals surface area contributed by atoms with Gasteiger partial charge in [0.1, 0.15) is 6.17 Å². The van der Waals surface area contributed by atoms with Gasteiger partial charge in [0.15, 0.2) is 0 Å². The molecule has 0 saturated heterocycles. The number of nitriles is 2. The van der Waals surface area contributed by atoms with Crippen LogP contribution in [0.4, 0.5) is 11.4 Å². The average Bonchev–Trinajstić information content (AvgIpc) is 2.54. The van der Waals surface area contributed by atoms with Crippen molar-refractivity contribution in [3.63, 3.8) is 0 Å². The molecule has 0 fully saturated rings. The average molecular weight is 366 g/mol. The molecule has 2 aromatic rings. The maximum Gasteiger partial charge on any atom is 0.228 e. The van der Waals surface area contributed by atoms with E-state index in [1.807, 2.05) is 12.1 Å². The Bertz CT molecular complexity index is 712. The van der Waals surface area contributed by atoms with Crippen LogP contribution in [-0.2, 0) is 0 Å². The van der Waals surface area contributed by atoms with Crippen molar-refractivity contribution in [2.45, 2.75) is 9.96 Å². The van der Waals surface area contributed by atoms with Crippen molar-refractivity contribution in [3.05, 3.63) is 59.7 Å². The molecule has 0 amide bonds. The fourth-order valence-corrected chi connectivity index (χ4v) is 2.22. The molecule has 4 nitrogen and oxygen atoms in total. The van der Waals surface area contributed by atoms with Gasteiger partial charge >= 0.3 is 0 Å². The van der Waals surface area contributed by atoms with E-state index in [1.165, 1.54) is 0 Å². The molecule has 0 atom stereocenters. The van der Waals surface area contributed by atoms with Gasteiger partial charge in [-0.05, 0) is 36.4 Å². The van der Waals surface area contributed by atoms with Crippen molar-refractivity contribution in [2.24, 2.45) is 0 Å². The van der Waals surface area contributed by atoms with Crippen LogP contribution in [0.15, 0.2) is 48.5 Å². The lowest BCUT2D eigenvalue weighted by atomic mass is 10.2. The van der Waals surface area contributed by atoms with Crippen LogP contribution >= 0.6 is 34.8 Å². The second-order valence-corrected chi connectivity index (χ2v) is 7.02. The highest BCUT2D eigenvalue weighted by atomic mass is 35.6. The molecule has 0 radical (unpaired) electrons. The molecular weight excluding hydrogens is 355 g/mol. The number of hydrogen-bond acceptors (Lipinski definition) is 4. The summed E-state index contributed by atoms with van der Waals surface area (Å²) in [5, 5.41) is 24.0. The lowest BCUT2D eigenvalue weighted by molar-refractivity contribution is 0.838. The van der Waals surface area contributed by atoms with Gasteiger partial charge in [-0.3, -0.25) is 0 Å². The first kappa shape index (κ1) is 17.2. The minimum absolute atomic E-state index is 0.490. The first-order valence-corrected chi connectivity index (χ1v) is 7.66. The number of hydrogen-bond donors (Lipinski definition) is 2. The SMILES string of the molecule is N#Cc1cccc(NC(Nc2cccc(C#N)c2)C(Cl)(Cl)Cl)c1. The standard InChI is InChI=1S/C16H11Cl3N4/c17-16(18,19)15(22-13-5-1-3-11(7-13)9-20)23-14-6-2-4-12(8-14)10-21/h1-8,15,22-23H. The summed E-state index contributed by atoms with van der Waals surface area (Å²) in [5.74, 6) is 0. The Hall–Kier alpha value is -2.11. The molecule has 0 spiro atoms. The Labute approximate surface area is 149 Å². The van der Waals surface area contributed by atoms with E-state index < -0.39 is 9.96 Å². The second-order valence-electron chi connectivity index (χ2n) is 4.65. The Morgan fingerprint density at radius 1 is 0.826 bits per heavy atom.